The summed E-state index contributed by atoms with van der Waals surface area (Å²) in [6, 6.07) is 1.38. The van der Waals surface area contributed by atoms with Gasteiger partial charge in [-0.2, -0.15) is 0 Å². The molecule has 0 aromatic carbocycles. The molecule has 0 aromatic rings. The summed E-state index contributed by atoms with van der Waals surface area (Å²) in [4.78, 5) is 0. The molecule has 0 spiro atoms. The molecule has 0 bridgehead atoms. The van der Waals surface area contributed by atoms with Crippen molar-refractivity contribution >= 4 is 0 Å². The highest BCUT2D eigenvalue weighted by atomic mass is 14.9. The van der Waals surface area contributed by atoms with Crippen LogP contribution in [0.3, 0.4) is 0 Å². The molecule has 70 valence electrons. The molecule has 12 heavy (non-hydrogen) atoms. The zero-order valence-electron chi connectivity index (χ0n) is 8.51. The predicted molar refractivity (Wildman–Crippen MR) is 54.2 cm³/mol. The molecule has 0 saturated heterocycles. The van der Waals surface area contributed by atoms with Crippen LogP contribution in [0.1, 0.15) is 40.0 Å². The number of nitrogens with one attached hydrogen (secondary N) is 1. The lowest BCUT2D eigenvalue weighted by atomic mass is 9.98. The van der Waals surface area contributed by atoms with Crippen molar-refractivity contribution in [2.75, 3.05) is 0 Å². The van der Waals surface area contributed by atoms with Gasteiger partial charge < -0.3 is 5.32 Å². The van der Waals surface area contributed by atoms with E-state index >= 15 is 0 Å². The topological polar surface area (TPSA) is 12.0 Å². The molecule has 0 fully saturated rings. The van der Waals surface area contributed by atoms with Gasteiger partial charge in [-0.15, -0.1) is 0 Å². The second kappa shape index (κ2) is 4.66. The van der Waals surface area contributed by atoms with Crippen molar-refractivity contribution in [3.8, 4) is 0 Å². The van der Waals surface area contributed by atoms with E-state index in [1.807, 2.05) is 0 Å². The van der Waals surface area contributed by atoms with E-state index in [9.17, 15) is 0 Å². The molecule has 2 unspecified atom stereocenters. The highest BCUT2D eigenvalue weighted by molar-refractivity contribution is 4.93. The molecule has 1 nitrogen and oxygen atoms in total. The van der Waals surface area contributed by atoms with Gasteiger partial charge in [0.05, 0.1) is 0 Å². The second-order valence-electron chi connectivity index (χ2n) is 4.18. The third kappa shape index (κ3) is 2.98. The van der Waals surface area contributed by atoms with Crippen molar-refractivity contribution in [1.29, 1.82) is 0 Å². The first-order valence-electron chi connectivity index (χ1n) is 5.11. The number of allylic oxidation sites excluding steroid dienone is 1. The van der Waals surface area contributed by atoms with E-state index in [2.05, 4.69) is 38.2 Å². The minimum Gasteiger partial charge on any atom is -0.311 e. The minimum absolute atomic E-state index is 0.654. The van der Waals surface area contributed by atoms with Crippen LogP contribution in [0.15, 0.2) is 12.2 Å². The maximum absolute atomic E-state index is 3.67. The molecule has 1 aliphatic carbocycles. The second-order valence-corrected chi connectivity index (χ2v) is 4.18. The molecule has 1 aliphatic rings. The van der Waals surface area contributed by atoms with Gasteiger partial charge in [-0.3, -0.25) is 0 Å². The summed E-state index contributed by atoms with van der Waals surface area (Å²) in [7, 11) is 0. The van der Waals surface area contributed by atoms with E-state index in [0.717, 1.165) is 12.0 Å². The van der Waals surface area contributed by atoms with Crippen molar-refractivity contribution in [3.05, 3.63) is 12.2 Å². The maximum Gasteiger partial charge on any atom is 0.0107 e. The Hall–Kier alpha value is -0.300. The third-order valence-corrected chi connectivity index (χ3v) is 2.77. The Morgan fingerprint density at radius 3 is 2.50 bits per heavy atom. The van der Waals surface area contributed by atoms with Crippen LogP contribution in [0.5, 0.6) is 0 Å². The molecular formula is C11H21N. The maximum atomic E-state index is 3.67. The van der Waals surface area contributed by atoms with Crippen LogP contribution in [0, 0.1) is 5.92 Å². The van der Waals surface area contributed by atoms with Crippen LogP contribution in [-0.4, -0.2) is 12.1 Å². The molecule has 0 aromatic heterocycles. The van der Waals surface area contributed by atoms with Gasteiger partial charge in [-0.25, -0.2) is 0 Å². The first kappa shape index (κ1) is 9.79. The molecule has 0 heterocycles. The average molecular weight is 167 g/mol. The summed E-state index contributed by atoms with van der Waals surface area (Å²) < 4.78 is 0. The largest absolute Gasteiger partial charge is 0.311 e. The van der Waals surface area contributed by atoms with Crippen LogP contribution in [-0.2, 0) is 0 Å². The van der Waals surface area contributed by atoms with Gasteiger partial charge in [0.15, 0.2) is 0 Å². The summed E-state index contributed by atoms with van der Waals surface area (Å²) in [6.07, 6.45) is 8.37. The zero-order chi connectivity index (χ0) is 8.97. The van der Waals surface area contributed by atoms with E-state index < -0.39 is 0 Å². The summed E-state index contributed by atoms with van der Waals surface area (Å²) in [5.41, 5.74) is 0. The summed E-state index contributed by atoms with van der Waals surface area (Å²) in [5.74, 6) is 0.746. The van der Waals surface area contributed by atoms with Crippen molar-refractivity contribution in [1.82, 2.24) is 5.32 Å². The fraction of sp³-hybridized carbons (Fsp3) is 0.818. The fourth-order valence-corrected chi connectivity index (χ4v) is 1.51. The molecule has 0 amide bonds. The highest BCUT2D eigenvalue weighted by Crippen LogP contribution is 2.12. The predicted octanol–water partition coefficient (Wildman–Crippen LogP) is 2.73. The molecule has 1 heteroatoms. The Bertz CT molecular complexity index is 149. The van der Waals surface area contributed by atoms with Crippen LogP contribution in [0.4, 0.5) is 0 Å². The highest BCUT2D eigenvalue weighted by Gasteiger charge is 2.14. The Labute approximate surface area is 76.2 Å². The van der Waals surface area contributed by atoms with E-state index in [1.165, 1.54) is 19.3 Å². The van der Waals surface area contributed by atoms with Crippen molar-refractivity contribution in [2.45, 2.75) is 52.1 Å². The normalized spacial score (nSPS) is 26.2. The Balaban J connectivity index is 2.25. The fourth-order valence-electron chi connectivity index (χ4n) is 1.51. The van der Waals surface area contributed by atoms with Gasteiger partial charge >= 0.3 is 0 Å². The van der Waals surface area contributed by atoms with E-state index in [1.54, 1.807) is 0 Å². The van der Waals surface area contributed by atoms with Crippen LogP contribution >= 0.6 is 0 Å². The van der Waals surface area contributed by atoms with Gasteiger partial charge in [0, 0.05) is 12.1 Å². The van der Waals surface area contributed by atoms with E-state index in [4.69, 9.17) is 0 Å². The Morgan fingerprint density at radius 2 is 2.00 bits per heavy atom. The smallest absolute Gasteiger partial charge is 0.0107 e. The molecule has 0 saturated carbocycles. The van der Waals surface area contributed by atoms with Gasteiger partial charge in [0.1, 0.15) is 0 Å². The molecule has 0 radical (unpaired) electrons. The Kier molecular flexibility index (Phi) is 3.80. The first-order valence-corrected chi connectivity index (χ1v) is 5.11. The third-order valence-electron chi connectivity index (χ3n) is 2.77. The van der Waals surface area contributed by atoms with E-state index in [0.29, 0.717) is 6.04 Å². The lowest BCUT2D eigenvalue weighted by Crippen LogP contribution is -2.39. The van der Waals surface area contributed by atoms with Crippen molar-refractivity contribution in [3.63, 3.8) is 0 Å². The molecule has 0 aliphatic heterocycles. The van der Waals surface area contributed by atoms with E-state index in [-0.39, 0.29) is 0 Å². The van der Waals surface area contributed by atoms with Crippen LogP contribution in [0.2, 0.25) is 0 Å². The average Bonchev–Trinajstić information content (AvgIpc) is 2.06. The molecule has 1 N–H and O–H groups in total. The lowest BCUT2D eigenvalue weighted by molar-refractivity contribution is 0.356. The van der Waals surface area contributed by atoms with Crippen LogP contribution in [0.25, 0.3) is 0 Å². The monoisotopic (exact) mass is 167 g/mol. The van der Waals surface area contributed by atoms with Crippen molar-refractivity contribution < 1.29 is 0 Å². The SMILES string of the molecule is CC(C)C(C)NC1CC=CCC1. The first-order chi connectivity index (χ1) is 5.70. The van der Waals surface area contributed by atoms with Gasteiger partial charge in [0.2, 0.25) is 0 Å². The number of rotatable bonds is 3. The van der Waals surface area contributed by atoms with Gasteiger partial charge in [0.25, 0.3) is 0 Å². The van der Waals surface area contributed by atoms with Gasteiger partial charge in [-0.05, 0) is 32.1 Å². The van der Waals surface area contributed by atoms with Crippen molar-refractivity contribution in [2.24, 2.45) is 5.92 Å². The zero-order valence-corrected chi connectivity index (χ0v) is 8.51. The Morgan fingerprint density at radius 1 is 1.25 bits per heavy atom. The number of hydrogen-bond acceptors (Lipinski definition) is 1. The minimum atomic E-state index is 0.654. The van der Waals surface area contributed by atoms with Crippen LogP contribution < -0.4 is 5.32 Å². The summed E-state index contributed by atoms with van der Waals surface area (Å²) in [5, 5.41) is 3.67. The quantitative estimate of drug-likeness (QED) is 0.637. The molecule has 2 atom stereocenters. The number of hydrogen-bond donors (Lipinski definition) is 1. The summed E-state index contributed by atoms with van der Waals surface area (Å²) in [6.45, 7) is 6.83. The standard InChI is InChI=1S/C11H21N/c1-9(2)10(3)12-11-7-5-4-6-8-11/h4-5,9-12H,6-8H2,1-3H3. The molecule has 1 rings (SSSR count). The summed E-state index contributed by atoms with van der Waals surface area (Å²) >= 11 is 0. The molecular weight excluding hydrogens is 146 g/mol. The van der Waals surface area contributed by atoms with Gasteiger partial charge in [-0.1, -0.05) is 26.0 Å². The lowest BCUT2D eigenvalue weighted by Gasteiger charge is -2.26.